The van der Waals surface area contributed by atoms with Crippen molar-refractivity contribution >= 4 is 29.0 Å². The van der Waals surface area contributed by atoms with E-state index in [1.54, 1.807) is 36.4 Å². The molecule has 0 aliphatic heterocycles. The average Bonchev–Trinajstić information content (AvgIpc) is 2.68. The molecule has 1 atom stereocenters. The van der Waals surface area contributed by atoms with Crippen molar-refractivity contribution in [2.24, 2.45) is 0 Å². The van der Waals surface area contributed by atoms with Crippen LogP contribution < -0.4 is 10.6 Å². The van der Waals surface area contributed by atoms with Crippen LogP contribution in [0.25, 0.3) is 0 Å². The van der Waals surface area contributed by atoms with Crippen LogP contribution >= 0.6 is 0 Å². The Labute approximate surface area is 165 Å². The van der Waals surface area contributed by atoms with Crippen LogP contribution in [-0.4, -0.2) is 30.3 Å². The molecule has 0 radical (unpaired) electrons. The highest BCUT2D eigenvalue weighted by Crippen LogP contribution is 2.18. The van der Waals surface area contributed by atoms with E-state index in [1.807, 2.05) is 12.1 Å². The fourth-order valence-corrected chi connectivity index (χ4v) is 2.55. The van der Waals surface area contributed by atoms with Crippen LogP contribution in [0.3, 0.4) is 0 Å². The quantitative estimate of drug-likeness (QED) is 0.384. The van der Waals surface area contributed by atoms with Gasteiger partial charge in [0.05, 0.1) is 5.56 Å². The van der Waals surface area contributed by atoms with Gasteiger partial charge in [0, 0.05) is 23.5 Å². The van der Waals surface area contributed by atoms with Crippen LogP contribution in [0.2, 0.25) is 0 Å². The first kappa shape index (κ1) is 21.2. The van der Waals surface area contributed by atoms with Gasteiger partial charge >= 0.3 is 5.97 Å². The summed E-state index contributed by atoms with van der Waals surface area (Å²) >= 11 is 0. The van der Waals surface area contributed by atoms with Gasteiger partial charge in [-0.1, -0.05) is 37.6 Å². The molecule has 0 fully saturated rings. The molecule has 2 aromatic rings. The summed E-state index contributed by atoms with van der Waals surface area (Å²) in [5, 5.41) is 5.89. The fraction of sp³-hybridized carbons (Fsp3) is 0.318. The SMILES string of the molecule is CCCCNc1ccccc1C(=O)O[C@@H](C)C(=O)Nc1cccc(C(C)=O)c1. The Morgan fingerprint density at radius 2 is 1.82 bits per heavy atom. The predicted octanol–water partition coefficient (Wildman–Crippen LogP) is 4.29. The average molecular weight is 382 g/mol. The predicted molar refractivity (Wildman–Crippen MR) is 110 cm³/mol. The van der Waals surface area contributed by atoms with Gasteiger partial charge in [-0.15, -0.1) is 0 Å². The molecule has 28 heavy (non-hydrogen) atoms. The first-order valence-electron chi connectivity index (χ1n) is 9.38. The Kier molecular flexibility index (Phi) is 7.75. The van der Waals surface area contributed by atoms with Crippen molar-refractivity contribution in [3.63, 3.8) is 0 Å². The number of unbranched alkanes of at least 4 members (excludes halogenated alkanes) is 1. The minimum atomic E-state index is -0.989. The highest BCUT2D eigenvalue weighted by atomic mass is 16.5. The third kappa shape index (κ3) is 5.94. The molecule has 0 spiro atoms. The number of esters is 1. The van der Waals surface area contributed by atoms with Gasteiger partial charge < -0.3 is 15.4 Å². The van der Waals surface area contributed by atoms with Crippen molar-refractivity contribution in [3.05, 3.63) is 59.7 Å². The molecule has 2 rings (SSSR count). The number of amides is 1. The van der Waals surface area contributed by atoms with Crippen molar-refractivity contribution in [2.45, 2.75) is 39.7 Å². The summed E-state index contributed by atoms with van der Waals surface area (Å²) in [5.41, 5.74) is 2.04. The number of nitrogens with one attached hydrogen (secondary N) is 2. The molecule has 2 N–H and O–H groups in total. The van der Waals surface area contributed by atoms with Crippen LogP contribution in [0.1, 0.15) is 54.3 Å². The second-order valence-electron chi connectivity index (χ2n) is 6.50. The van der Waals surface area contributed by atoms with Crippen LogP contribution in [-0.2, 0) is 9.53 Å². The summed E-state index contributed by atoms with van der Waals surface area (Å²) in [6.45, 7) is 5.81. The van der Waals surface area contributed by atoms with Crippen molar-refractivity contribution in [2.75, 3.05) is 17.2 Å². The molecule has 6 heteroatoms. The van der Waals surface area contributed by atoms with E-state index in [0.717, 1.165) is 19.4 Å². The van der Waals surface area contributed by atoms with Crippen molar-refractivity contribution in [3.8, 4) is 0 Å². The maximum Gasteiger partial charge on any atom is 0.341 e. The van der Waals surface area contributed by atoms with Gasteiger partial charge in [-0.05, 0) is 44.5 Å². The van der Waals surface area contributed by atoms with Crippen molar-refractivity contribution < 1.29 is 19.1 Å². The molecule has 0 aliphatic rings. The third-order valence-corrected chi connectivity index (χ3v) is 4.18. The first-order valence-corrected chi connectivity index (χ1v) is 9.38. The molecule has 0 unspecified atom stereocenters. The van der Waals surface area contributed by atoms with E-state index in [0.29, 0.717) is 22.5 Å². The molecule has 148 valence electrons. The highest BCUT2D eigenvalue weighted by Gasteiger charge is 2.21. The summed E-state index contributed by atoms with van der Waals surface area (Å²) in [6.07, 6.45) is 1.04. The number of ether oxygens (including phenoxy) is 1. The van der Waals surface area contributed by atoms with Crippen molar-refractivity contribution in [1.82, 2.24) is 0 Å². The van der Waals surface area contributed by atoms with Gasteiger partial charge in [-0.25, -0.2) is 4.79 Å². The van der Waals surface area contributed by atoms with Crippen LogP contribution in [0.15, 0.2) is 48.5 Å². The Hall–Kier alpha value is -3.15. The summed E-state index contributed by atoms with van der Waals surface area (Å²) < 4.78 is 5.34. The number of hydrogen-bond donors (Lipinski definition) is 2. The molecular formula is C22H26N2O4. The molecule has 0 aromatic heterocycles. The number of Topliss-reactive ketones (excluding diaryl/α,β-unsaturated/α-hetero) is 1. The highest BCUT2D eigenvalue weighted by molar-refractivity contribution is 6.00. The van der Waals surface area contributed by atoms with Gasteiger partial charge in [-0.3, -0.25) is 9.59 Å². The fourth-order valence-electron chi connectivity index (χ4n) is 2.55. The van der Waals surface area contributed by atoms with E-state index in [4.69, 9.17) is 4.74 Å². The van der Waals surface area contributed by atoms with E-state index in [9.17, 15) is 14.4 Å². The lowest BCUT2D eigenvalue weighted by atomic mass is 10.1. The van der Waals surface area contributed by atoms with E-state index >= 15 is 0 Å². The summed E-state index contributed by atoms with van der Waals surface area (Å²) in [5.74, 6) is -1.13. The summed E-state index contributed by atoms with van der Waals surface area (Å²) in [7, 11) is 0. The maximum absolute atomic E-state index is 12.5. The van der Waals surface area contributed by atoms with Gasteiger partial charge in [0.25, 0.3) is 5.91 Å². The zero-order valence-corrected chi connectivity index (χ0v) is 16.5. The maximum atomic E-state index is 12.5. The van der Waals surface area contributed by atoms with Gasteiger partial charge in [0.1, 0.15) is 0 Å². The Morgan fingerprint density at radius 3 is 2.54 bits per heavy atom. The third-order valence-electron chi connectivity index (χ3n) is 4.18. The number of carbonyl (C=O) groups excluding carboxylic acids is 3. The minimum absolute atomic E-state index is 0.0947. The normalized spacial score (nSPS) is 11.4. The number of anilines is 2. The number of hydrogen-bond acceptors (Lipinski definition) is 5. The topological polar surface area (TPSA) is 84.5 Å². The Morgan fingerprint density at radius 1 is 1.07 bits per heavy atom. The lowest BCUT2D eigenvalue weighted by molar-refractivity contribution is -0.123. The van der Waals surface area contributed by atoms with Crippen LogP contribution in [0, 0.1) is 0 Å². The summed E-state index contributed by atoms with van der Waals surface area (Å²) in [4.78, 5) is 36.3. The zero-order valence-electron chi connectivity index (χ0n) is 16.5. The molecule has 6 nitrogen and oxygen atoms in total. The van der Waals surface area contributed by atoms with Crippen LogP contribution in [0.4, 0.5) is 11.4 Å². The number of carbonyl (C=O) groups is 3. The van der Waals surface area contributed by atoms with Gasteiger partial charge in [0.2, 0.25) is 0 Å². The number of rotatable bonds is 9. The van der Waals surface area contributed by atoms with E-state index in [1.165, 1.54) is 13.8 Å². The molecule has 2 aromatic carbocycles. The standard InChI is InChI=1S/C22H26N2O4/c1-4-5-13-23-20-12-7-6-11-19(20)22(27)28-16(3)21(26)24-18-10-8-9-17(14-18)15(2)25/h6-12,14,16,23H,4-5,13H2,1-3H3,(H,24,26)/t16-/m0/s1. The first-order chi connectivity index (χ1) is 13.4. The lowest BCUT2D eigenvalue weighted by Gasteiger charge is -2.16. The molecule has 0 heterocycles. The van der Waals surface area contributed by atoms with E-state index < -0.39 is 18.0 Å². The smallest absolute Gasteiger partial charge is 0.341 e. The molecule has 0 bridgehead atoms. The monoisotopic (exact) mass is 382 g/mol. The molecule has 0 saturated heterocycles. The van der Waals surface area contributed by atoms with E-state index in [-0.39, 0.29) is 5.78 Å². The molecule has 1 amide bonds. The lowest BCUT2D eigenvalue weighted by Crippen LogP contribution is -2.30. The van der Waals surface area contributed by atoms with E-state index in [2.05, 4.69) is 17.6 Å². The zero-order chi connectivity index (χ0) is 20.5. The van der Waals surface area contributed by atoms with Crippen molar-refractivity contribution in [1.29, 1.82) is 0 Å². The molecular weight excluding hydrogens is 356 g/mol. The largest absolute Gasteiger partial charge is 0.449 e. The number of benzene rings is 2. The second kappa shape index (κ2) is 10.3. The molecule has 0 aliphatic carbocycles. The number of ketones is 1. The second-order valence-corrected chi connectivity index (χ2v) is 6.50. The Balaban J connectivity index is 2.01. The number of para-hydroxylation sites is 1. The Bertz CT molecular complexity index is 848. The summed E-state index contributed by atoms with van der Waals surface area (Å²) in [6, 6.07) is 13.7. The van der Waals surface area contributed by atoms with Crippen LogP contribution in [0.5, 0.6) is 0 Å². The van der Waals surface area contributed by atoms with Gasteiger partial charge in [-0.2, -0.15) is 0 Å². The molecule has 0 saturated carbocycles. The minimum Gasteiger partial charge on any atom is -0.449 e. The van der Waals surface area contributed by atoms with Gasteiger partial charge in [0.15, 0.2) is 11.9 Å².